The van der Waals surface area contributed by atoms with Gasteiger partial charge >= 0.3 is 0 Å². The highest BCUT2D eigenvalue weighted by atomic mass is 35.5. The standard InChI is InChI=1S/C21H24ClNO/c1-23-12-10-15(11-13-23)20-14-16-4-2-3-5-19(16)21(20,24)17-6-8-18(22)9-7-17/h2-9,15,20,24H,10-14H2,1H3. The maximum Gasteiger partial charge on any atom is 0.118 e. The summed E-state index contributed by atoms with van der Waals surface area (Å²) in [6.07, 6.45) is 3.28. The van der Waals surface area contributed by atoms with Crippen molar-refractivity contribution in [1.82, 2.24) is 4.90 Å². The number of aliphatic hydroxyl groups is 1. The van der Waals surface area contributed by atoms with E-state index in [1.807, 2.05) is 30.3 Å². The van der Waals surface area contributed by atoms with Crippen LogP contribution >= 0.6 is 11.6 Å². The summed E-state index contributed by atoms with van der Waals surface area (Å²) in [5, 5.41) is 12.6. The molecular weight excluding hydrogens is 318 g/mol. The van der Waals surface area contributed by atoms with Crippen molar-refractivity contribution in [3.05, 3.63) is 70.2 Å². The number of nitrogens with zero attached hydrogens (tertiary/aromatic N) is 1. The molecule has 1 aliphatic heterocycles. The van der Waals surface area contributed by atoms with E-state index in [0.717, 1.165) is 43.5 Å². The molecule has 0 spiro atoms. The van der Waals surface area contributed by atoms with Crippen molar-refractivity contribution < 1.29 is 5.11 Å². The van der Waals surface area contributed by atoms with Crippen molar-refractivity contribution in [2.24, 2.45) is 11.8 Å². The number of fused-ring (bicyclic) bond motifs is 1. The maximum absolute atomic E-state index is 11.9. The largest absolute Gasteiger partial charge is 0.380 e. The minimum atomic E-state index is -0.901. The van der Waals surface area contributed by atoms with Gasteiger partial charge in [0.15, 0.2) is 0 Å². The third kappa shape index (κ3) is 2.57. The van der Waals surface area contributed by atoms with Gasteiger partial charge in [-0.05, 0) is 74.1 Å². The summed E-state index contributed by atoms with van der Waals surface area (Å²) in [7, 11) is 2.19. The van der Waals surface area contributed by atoms with Gasteiger partial charge in [-0.3, -0.25) is 0 Å². The topological polar surface area (TPSA) is 23.5 Å². The van der Waals surface area contributed by atoms with Crippen molar-refractivity contribution in [3.63, 3.8) is 0 Å². The lowest BCUT2D eigenvalue weighted by Gasteiger charge is -2.40. The molecule has 24 heavy (non-hydrogen) atoms. The van der Waals surface area contributed by atoms with Crippen molar-refractivity contribution in [2.75, 3.05) is 20.1 Å². The normalized spacial score (nSPS) is 28.0. The highest BCUT2D eigenvalue weighted by molar-refractivity contribution is 6.30. The van der Waals surface area contributed by atoms with Gasteiger partial charge in [0.25, 0.3) is 0 Å². The van der Waals surface area contributed by atoms with Crippen LogP contribution in [0, 0.1) is 11.8 Å². The van der Waals surface area contributed by atoms with Crippen LogP contribution in [0.2, 0.25) is 5.02 Å². The Kier molecular flexibility index (Phi) is 4.16. The van der Waals surface area contributed by atoms with Gasteiger partial charge < -0.3 is 10.0 Å². The zero-order valence-electron chi connectivity index (χ0n) is 14.1. The van der Waals surface area contributed by atoms with Crippen molar-refractivity contribution in [1.29, 1.82) is 0 Å². The maximum atomic E-state index is 11.9. The Labute approximate surface area is 149 Å². The predicted octanol–water partition coefficient (Wildman–Crippen LogP) is 4.09. The van der Waals surface area contributed by atoms with E-state index in [0.29, 0.717) is 10.9 Å². The van der Waals surface area contributed by atoms with E-state index in [2.05, 4.69) is 30.1 Å². The minimum Gasteiger partial charge on any atom is -0.380 e. The molecule has 1 N–H and O–H groups in total. The second-order valence-electron chi connectivity index (χ2n) is 7.38. The van der Waals surface area contributed by atoms with Crippen LogP contribution in [0.15, 0.2) is 48.5 Å². The lowest BCUT2D eigenvalue weighted by Crippen LogP contribution is -2.42. The first-order valence-corrected chi connectivity index (χ1v) is 9.22. The average Bonchev–Trinajstić information content (AvgIpc) is 2.91. The Morgan fingerprint density at radius 2 is 1.71 bits per heavy atom. The van der Waals surface area contributed by atoms with E-state index in [9.17, 15) is 5.11 Å². The molecule has 0 aromatic heterocycles. The third-order valence-corrected chi connectivity index (χ3v) is 6.27. The van der Waals surface area contributed by atoms with Gasteiger partial charge in [0, 0.05) is 10.9 Å². The molecule has 126 valence electrons. The SMILES string of the molecule is CN1CCC(C2Cc3ccccc3C2(O)c2ccc(Cl)cc2)CC1. The highest BCUT2D eigenvalue weighted by Crippen LogP contribution is 2.51. The molecule has 2 aromatic carbocycles. The van der Waals surface area contributed by atoms with Crippen LogP contribution in [-0.2, 0) is 12.0 Å². The van der Waals surface area contributed by atoms with Crippen molar-refractivity contribution >= 4 is 11.6 Å². The molecule has 3 heteroatoms. The molecule has 2 aromatic rings. The molecule has 2 unspecified atom stereocenters. The Morgan fingerprint density at radius 1 is 1.04 bits per heavy atom. The highest BCUT2D eigenvalue weighted by Gasteiger charge is 2.49. The molecule has 0 bridgehead atoms. The van der Waals surface area contributed by atoms with Gasteiger partial charge in [-0.2, -0.15) is 0 Å². The monoisotopic (exact) mass is 341 g/mol. The summed E-state index contributed by atoms with van der Waals surface area (Å²) in [5.41, 5.74) is 2.44. The Balaban J connectivity index is 1.77. The van der Waals surface area contributed by atoms with Crippen LogP contribution in [0.4, 0.5) is 0 Å². The van der Waals surface area contributed by atoms with Gasteiger partial charge in [0.1, 0.15) is 5.60 Å². The van der Waals surface area contributed by atoms with Crippen molar-refractivity contribution in [3.8, 4) is 0 Å². The van der Waals surface area contributed by atoms with Crippen LogP contribution in [0.1, 0.15) is 29.5 Å². The number of rotatable bonds is 2. The van der Waals surface area contributed by atoms with Crippen LogP contribution in [0.25, 0.3) is 0 Å². The molecule has 2 nitrogen and oxygen atoms in total. The van der Waals surface area contributed by atoms with Gasteiger partial charge in [0.05, 0.1) is 0 Å². The lowest BCUT2D eigenvalue weighted by molar-refractivity contribution is -0.0120. The van der Waals surface area contributed by atoms with Gasteiger partial charge in [-0.25, -0.2) is 0 Å². The first-order valence-electron chi connectivity index (χ1n) is 8.84. The molecule has 1 aliphatic carbocycles. The van der Waals surface area contributed by atoms with E-state index in [1.54, 1.807) is 0 Å². The fourth-order valence-electron chi connectivity index (χ4n) is 4.67. The first kappa shape index (κ1) is 16.1. The summed E-state index contributed by atoms with van der Waals surface area (Å²) < 4.78 is 0. The first-order chi connectivity index (χ1) is 11.6. The third-order valence-electron chi connectivity index (χ3n) is 6.02. The van der Waals surface area contributed by atoms with Crippen LogP contribution in [0.5, 0.6) is 0 Å². The molecular formula is C21H24ClNO. The minimum absolute atomic E-state index is 0.241. The molecule has 1 saturated heterocycles. The second kappa shape index (κ2) is 6.18. The smallest absolute Gasteiger partial charge is 0.118 e. The molecule has 0 amide bonds. The summed E-state index contributed by atoms with van der Waals surface area (Å²) in [6.45, 7) is 2.24. The molecule has 0 saturated carbocycles. The zero-order chi connectivity index (χ0) is 16.7. The Bertz CT molecular complexity index is 721. The van der Waals surface area contributed by atoms with E-state index in [-0.39, 0.29) is 5.92 Å². The molecule has 4 rings (SSSR count). The number of hydrogen-bond donors (Lipinski definition) is 1. The van der Waals surface area contributed by atoms with Gasteiger partial charge in [0.2, 0.25) is 0 Å². The number of piperidine rings is 1. The van der Waals surface area contributed by atoms with E-state index in [1.165, 1.54) is 5.56 Å². The lowest BCUT2D eigenvalue weighted by atomic mass is 9.71. The summed E-state index contributed by atoms with van der Waals surface area (Å²) in [4.78, 5) is 2.39. The molecule has 2 aliphatic rings. The number of likely N-dealkylation sites (tertiary alicyclic amines) is 1. The van der Waals surface area contributed by atoms with Crippen LogP contribution < -0.4 is 0 Å². The molecule has 1 fully saturated rings. The molecule has 2 atom stereocenters. The molecule has 0 radical (unpaired) electrons. The Morgan fingerprint density at radius 3 is 2.42 bits per heavy atom. The average molecular weight is 342 g/mol. The van der Waals surface area contributed by atoms with Crippen LogP contribution in [-0.4, -0.2) is 30.1 Å². The number of hydrogen-bond acceptors (Lipinski definition) is 2. The second-order valence-corrected chi connectivity index (χ2v) is 7.82. The quantitative estimate of drug-likeness (QED) is 0.889. The van der Waals surface area contributed by atoms with E-state index >= 15 is 0 Å². The summed E-state index contributed by atoms with van der Waals surface area (Å²) >= 11 is 6.08. The summed E-state index contributed by atoms with van der Waals surface area (Å²) in [6, 6.07) is 16.2. The van der Waals surface area contributed by atoms with Gasteiger partial charge in [-0.15, -0.1) is 0 Å². The van der Waals surface area contributed by atoms with E-state index in [4.69, 9.17) is 11.6 Å². The fourth-order valence-corrected chi connectivity index (χ4v) is 4.79. The Hall–Kier alpha value is -1.35. The van der Waals surface area contributed by atoms with Gasteiger partial charge in [-0.1, -0.05) is 48.0 Å². The fraction of sp³-hybridized carbons (Fsp3) is 0.429. The van der Waals surface area contributed by atoms with Crippen molar-refractivity contribution in [2.45, 2.75) is 24.9 Å². The number of benzene rings is 2. The van der Waals surface area contributed by atoms with E-state index < -0.39 is 5.60 Å². The predicted molar refractivity (Wildman–Crippen MR) is 98.3 cm³/mol. The summed E-state index contributed by atoms with van der Waals surface area (Å²) in [5.74, 6) is 0.791. The zero-order valence-corrected chi connectivity index (χ0v) is 14.8. The number of halogens is 1. The van der Waals surface area contributed by atoms with Crippen LogP contribution in [0.3, 0.4) is 0 Å². The molecule has 1 heterocycles.